The van der Waals surface area contributed by atoms with Crippen molar-refractivity contribution < 1.29 is 14.3 Å². The second-order valence-electron chi connectivity index (χ2n) is 5.89. The van der Waals surface area contributed by atoms with Gasteiger partial charge in [0.05, 0.1) is 0 Å². The topological polar surface area (TPSA) is 67.4 Å². The van der Waals surface area contributed by atoms with Crippen LogP contribution in [-0.2, 0) is 9.59 Å². The lowest BCUT2D eigenvalue weighted by molar-refractivity contribution is -0.134. The first-order valence-corrected chi connectivity index (χ1v) is 7.89. The molecule has 22 heavy (non-hydrogen) atoms. The van der Waals surface area contributed by atoms with Crippen molar-refractivity contribution >= 4 is 11.8 Å². The average molecular weight is 304 g/mol. The summed E-state index contributed by atoms with van der Waals surface area (Å²) >= 11 is 0. The van der Waals surface area contributed by atoms with Crippen molar-refractivity contribution in [2.45, 2.75) is 52.1 Å². The number of hydrogen-bond donors (Lipinski definition) is 2. The average Bonchev–Trinajstić information content (AvgIpc) is 2.53. The molecule has 1 fully saturated rings. The summed E-state index contributed by atoms with van der Waals surface area (Å²) in [5, 5.41) is 0. The molecule has 5 heteroatoms. The molecule has 0 saturated heterocycles. The zero-order valence-corrected chi connectivity index (χ0v) is 13.2. The molecule has 0 aromatic heterocycles. The van der Waals surface area contributed by atoms with Crippen LogP contribution >= 0.6 is 0 Å². The highest BCUT2D eigenvalue weighted by Gasteiger charge is 2.22. The highest BCUT2D eigenvalue weighted by molar-refractivity contribution is 5.85. The quantitative estimate of drug-likeness (QED) is 0.840. The van der Waals surface area contributed by atoms with Crippen LogP contribution in [0.3, 0.4) is 0 Å². The molecule has 120 valence electrons. The Balaban J connectivity index is 1.77. The Bertz CT molecular complexity index is 524. The highest BCUT2D eigenvalue weighted by atomic mass is 16.5. The maximum atomic E-state index is 12.0. The number of benzene rings is 1. The van der Waals surface area contributed by atoms with Crippen LogP contribution in [0.25, 0.3) is 0 Å². The lowest BCUT2D eigenvalue weighted by Crippen LogP contribution is -2.49. The van der Waals surface area contributed by atoms with E-state index in [9.17, 15) is 9.59 Å². The van der Waals surface area contributed by atoms with E-state index in [1.54, 1.807) is 13.0 Å². The van der Waals surface area contributed by atoms with Gasteiger partial charge in [0, 0.05) is 5.92 Å². The van der Waals surface area contributed by atoms with Gasteiger partial charge in [-0.2, -0.15) is 0 Å². The molecule has 0 bridgehead atoms. The first-order valence-electron chi connectivity index (χ1n) is 7.89. The third kappa shape index (κ3) is 4.76. The predicted molar refractivity (Wildman–Crippen MR) is 84.1 cm³/mol. The van der Waals surface area contributed by atoms with Crippen molar-refractivity contribution in [3.05, 3.63) is 29.8 Å². The molecule has 2 N–H and O–H groups in total. The summed E-state index contributed by atoms with van der Waals surface area (Å²) in [7, 11) is 0. The predicted octanol–water partition coefficient (Wildman–Crippen LogP) is 2.49. The Morgan fingerprint density at radius 2 is 1.91 bits per heavy atom. The minimum Gasteiger partial charge on any atom is -0.481 e. The van der Waals surface area contributed by atoms with Gasteiger partial charge < -0.3 is 4.74 Å². The van der Waals surface area contributed by atoms with E-state index in [0.717, 1.165) is 31.2 Å². The van der Waals surface area contributed by atoms with Crippen molar-refractivity contribution in [1.82, 2.24) is 10.9 Å². The number of ether oxygens (including phenoxy) is 1. The molecular weight excluding hydrogens is 280 g/mol. The third-order valence-corrected chi connectivity index (χ3v) is 3.96. The minimum absolute atomic E-state index is 0.0158. The number of rotatable bonds is 4. The number of carbonyl (C=O) groups excluding carboxylic acids is 2. The molecule has 1 unspecified atom stereocenters. The smallest absolute Gasteiger partial charge is 0.279 e. The zero-order valence-electron chi connectivity index (χ0n) is 13.2. The van der Waals surface area contributed by atoms with Gasteiger partial charge in [-0.05, 0) is 44.4 Å². The molecule has 1 aliphatic carbocycles. The number of amides is 2. The molecule has 1 aromatic rings. The molecule has 5 nitrogen and oxygen atoms in total. The summed E-state index contributed by atoms with van der Waals surface area (Å²) in [6.07, 6.45) is 4.48. The van der Waals surface area contributed by atoms with Gasteiger partial charge in [-0.25, -0.2) is 0 Å². The number of carbonyl (C=O) groups is 2. The monoisotopic (exact) mass is 304 g/mol. The standard InChI is InChI=1S/C17H24N2O3/c1-12-7-6-10-15(11-12)22-13(2)16(20)18-19-17(21)14-8-4-3-5-9-14/h6-7,10-11,13-14H,3-5,8-9H2,1-2H3,(H,18,20)(H,19,21). The van der Waals surface area contributed by atoms with Crippen molar-refractivity contribution in [3.63, 3.8) is 0 Å². The Kier molecular flexibility index (Phi) is 5.81. The van der Waals surface area contributed by atoms with E-state index in [1.807, 2.05) is 25.1 Å². The van der Waals surface area contributed by atoms with Crippen LogP contribution < -0.4 is 15.6 Å². The fourth-order valence-corrected chi connectivity index (χ4v) is 2.64. The fourth-order valence-electron chi connectivity index (χ4n) is 2.64. The summed E-state index contributed by atoms with van der Waals surface area (Å²) in [5.41, 5.74) is 6.03. The summed E-state index contributed by atoms with van der Waals surface area (Å²) in [6.45, 7) is 3.62. The van der Waals surface area contributed by atoms with Crippen LogP contribution in [0.4, 0.5) is 0 Å². The van der Waals surface area contributed by atoms with Crippen molar-refractivity contribution in [3.8, 4) is 5.75 Å². The lowest BCUT2D eigenvalue weighted by Gasteiger charge is -2.21. The van der Waals surface area contributed by atoms with Crippen molar-refractivity contribution in [2.24, 2.45) is 5.92 Å². The summed E-state index contributed by atoms with van der Waals surface area (Å²) < 4.78 is 5.57. The first-order chi connectivity index (χ1) is 10.6. The van der Waals surface area contributed by atoms with Crippen LogP contribution in [0, 0.1) is 12.8 Å². The van der Waals surface area contributed by atoms with Crippen molar-refractivity contribution in [2.75, 3.05) is 0 Å². The normalized spacial score (nSPS) is 16.6. The van der Waals surface area contributed by atoms with Gasteiger partial charge in [0.25, 0.3) is 5.91 Å². The van der Waals surface area contributed by atoms with Gasteiger partial charge in [0.1, 0.15) is 5.75 Å². The Labute approximate surface area is 131 Å². The summed E-state index contributed by atoms with van der Waals surface area (Å²) in [5.74, 6) is 0.199. The molecule has 2 rings (SSSR count). The maximum absolute atomic E-state index is 12.0. The largest absolute Gasteiger partial charge is 0.481 e. The SMILES string of the molecule is Cc1cccc(OC(C)C(=O)NNC(=O)C2CCCCC2)c1. The lowest BCUT2D eigenvalue weighted by atomic mass is 9.89. The summed E-state index contributed by atoms with van der Waals surface area (Å²) in [6, 6.07) is 7.50. The molecule has 0 spiro atoms. The van der Waals surface area contributed by atoms with Crippen LogP contribution in [0.2, 0.25) is 0 Å². The second-order valence-corrected chi connectivity index (χ2v) is 5.89. The molecule has 0 radical (unpaired) electrons. The van der Waals surface area contributed by atoms with E-state index in [2.05, 4.69) is 10.9 Å². The van der Waals surface area contributed by atoms with E-state index in [1.165, 1.54) is 6.42 Å². The van der Waals surface area contributed by atoms with Gasteiger partial charge >= 0.3 is 0 Å². The van der Waals surface area contributed by atoms with E-state index >= 15 is 0 Å². The number of nitrogens with one attached hydrogen (secondary N) is 2. The Hall–Kier alpha value is -2.04. The third-order valence-electron chi connectivity index (χ3n) is 3.96. The molecular formula is C17H24N2O3. The van der Waals surface area contributed by atoms with Gasteiger partial charge in [-0.1, -0.05) is 31.4 Å². The molecule has 1 aliphatic rings. The first kappa shape index (κ1) is 16.3. The van der Waals surface area contributed by atoms with Crippen LogP contribution in [0.15, 0.2) is 24.3 Å². The molecule has 0 heterocycles. The summed E-state index contributed by atoms with van der Waals surface area (Å²) in [4.78, 5) is 23.9. The fraction of sp³-hybridized carbons (Fsp3) is 0.529. The Morgan fingerprint density at radius 3 is 2.59 bits per heavy atom. The van der Waals surface area contributed by atoms with E-state index in [4.69, 9.17) is 4.74 Å². The molecule has 1 atom stereocenters. The van der Waals surface area contributed by atoms with E-state index in [0.29, 0.717) is 5.75 Å². The number of hydrazine groups is 1. The number of aryl methyl sites for hydroxylation is 1. The number of hydrogen-bond acceptors (Lipinski definition) is 3. The van der Waals surface area contributed by atoms with E-state index < -0.39 is 6.10 Å². The van der Waals surface area contributed by atoms with Crippen molar-refractivity contribution in [1.29, 1.82) is 0 Å². The van der Waals surface area contributed by atoms with Crippen LogP contribution in [0.1, 0.15) is 44.6 Å². The maximum Gasteiger partial charge on any atom is 0.279 e. The van der Waals surface area contributed by atoms with Gasteiger partial charge in [-0.15, -0.1) is 0 Å². The Morgan fingerprint density at radius 1 is 1.18 bits per heavy atom. The van der Waals surface area contributed by atoms with Gasteiger partial charge in [0.2, 0.25) is 5.91 Å². The van der Waals surface area contributed by atoms with Gasteiger partial charge in [-0.3, -0.25) is 20.4 Å². The molecule has 1 aromatic carbocycles. The van der Waals surface area contributed by atoms with Crippen LogP contribution in [-0.4, -0.2) is 17.9 Å². The zero-order chi connectivity index (χ0) is 15.9. The second kappa shape index (κ2) is 7.82. The highest BCUT2D eigenvalue weighted by Crippen LogP contribution is 2.23. The molecule has 0 aliphatic heterocycles. The molecule has 2 amide bonds. The van der Waals surface area contributed by atoms with E-state index in [-0.39, 0.29) is 17.7 Å². The van der Waals surface area contributed by atoms with Gasteiger partial charge in [0.15, 0.2) is 6.10 Å². The van der Waals surface area contributed by atoms with Crippen LogP contribution in [0.5, 0.6) is 5.75 Å². The minimum atomic E-state index is -0.673. The molecule has 1 saturated carbocycles.